The van der Waals surface area contributed by atoms with Crippen molar-refractivity contribution in [2.75, 3.05) is 6.67 Å². The highest BCUT2D eigenvalue weighted by atomic mass is 80.0. The Morgan fingerprint density at radius 1 is 1.15 bits per heavy atom. The zero-order valence-electron chi connectivity index (χ0n) is 5.78. The van der Waals surface area contributed by atoms with Crippen molar-refractivity contribution >= 4 is 113 Å². The predicted molar refractivity (Wildman–Crippen MR) is 80.8 cm³/mol. The van der Waals surface area contributed by atoms with Gasteiger partial charge in [0.15, 0.2) is 4.41 Å². The fourth-order valence-corrected chi connectivity index (χ4v) is 3.23. The Balaban J connectivity index is 2.63. The molecule has 1 heterocycles. The zero-order valence-corrected chi connectivity index (χ0v) is 16.1. The maximum atomic E-state index is 4.33. The molecule has 0 fully saturated rings. The van der Waals surface area contributed by atoms with Crippen molar-refractivity contribution < 1.29 is 0 Å². The number of halogens is 6. The minimum atomic E-state index is -0.426. The summed E-state index contributed by atoms with van der Waals surface area (Å²) >= 11 is 22.0. The van der Waals surface area contributed by atoms with Crippen molar-refractivity contribution in [3.8, 4) is 0 Å². The first-order valence-corrected chi connectivity index (χ1v) is 8.38. The SMILES string of the molecule is BrC(Br)(Br)C1=NCN(C(Br)(Br)Br)S1. The highest BCUT2D eigenvalue weighted by Gasteiger charge is 2.38. The third kappa shape index (κ3) is 4.32. The smallest absolute Gasteiger partial charge is 0.199 e. The maximum Gasteiger partial charge on any atom is 0.199 e. The second kappa shape index (κ2) is 5.01. The summed E-state index contributed by atoms with van der Waals surface area (Å²) in [7, 11) is 0. The Kier molecular flexibility index (Phi) is 5.37. The van der Waals surface area contributed by atoms with Crippen LogP contribution in [0.25, 0.3) is 0 Å². The number of hydrogen-bond donors (Lipinski definition) is 0. The van der Waals surface area contributed by atoms with E-state index in [2.05, 4.69) is 101 Å². The van der Waals surface area contributed by atoms with Gasteiger partial charge in [0.2, 0.25) is 0 Å². The summed E-state index contributed by atoms with van der Waals surface area (Å²) in [6.45, 7) is 0.603. The van der Waals surface area contributed by atoms with Gasteiger partial charge >= 0.3 is 0 Å². The van der Waals surface area contributed by atoms with Crippen LogP contribution in [0.3, 0.4) is 0 Å². The zero-order chi connectivity index (χ0) is 10.3. The van der Waals surface area contributed by atoms with Crippen molar-refractivity contribution in [2.24, 2.45) is 4.99 Å². The first-order chi connectivity index (χ1) is 5.71. The normalized spacial score (nSPS) is 20.6. The molecule has 0 N–H and O–H groups in total. The van der Waals surface area contributed by atoms with Gasteiger partial charge in [-0.2, -0.15) is 4.31 Å². The summed E-state index contributed by atoms with van der Waals surface area (Å²) < 4.78 is 1.15. The molecule has 76 valence electrons. The van der Waals surface area contributed by atoms with Crippen molar-refractivity contribution in [3.63, 3.8) is 0 Å². The average molecular weight is 590 g/mol. The lowest BCUT2D eigenvalue weighted by Crippen LogP contribution is -2.25. The molecule has 2 nitrogen and oxygen atoms in total. The molecule has 0 amide bonds. The van der Waals surface area contributed by atoms with Gasteiger partial charge in [-0.3, -0.25) is 4.99 Å². The van der Waals surface area contributed by atoms with E-state index in [0.717, 1.165) is 5.04 Å². The molecular weight excluding hydrogens is 588 g/mol. The van der Waals surface area contributed by atoms with Gasteiger partial charge in [0.25, 0.3) is 0 Å². The fourth-order valence-electron chi connectivity index (χ4n) is 0.564. The van der Waals surface area contributed by atoms with Gasteiger partial charge in [0.05, 0.1) is 0 Å². The van der Waals surface area contributed by atoms with Crippen LogP contribution in [0.4, 0.5) is 0 Å². The van der Waals surface area contributed by atoms with Crippen molar-refractivity contribution in [1.29, 1.82) is 0 Å². The van der Waals surface area contributed by atoms with Crippen molar-refractivity contribution in [1.82, 2.24) is 4.31 Å². The molecule has 1 aliphatic heterocycles. The lowest BCUT2D eigenvalue weighted by atomic mass is 10.8. The maximum absolute atomic E-state index is 4.33. The molecule has 0 aromatic heterocycles. The van der Waals surface area contributed by atoms with Gasteiger partial charge in [-0.25, -0.2) is 0 Å². The molecule has 0 aliphatic carbocycles. The molecule has 0 aromatic rings. The Morgan fingerprint density at radius 3 is 1.92 bits per heavy atom. The van der Waals surface area contributed by atoms with Crippen LogP contribution < -0.4 is 0 Å². The molecule has 9 heteroatoms. The van der Waals surface area contributed by atoms with E-state index in [1.54, 1.807) is 0 Å². The summed E-state index contributed by atoms with van der Waals surface area (Å²) in [5, 5.41) is 0.912. The van der Waals surface area contributed by atoms with E-state index < -0.39 is 4.41 Å². The highest BCUT2D eigenvalue weighted by Crippen LogP contribution is 2.49. The molecule has 0 saturated carbocycles. The molecular formula is C4H2Br6N2S. The third-order valence-electron chi connectivity index (χ3n) is 1.06. The Hall–Kier alpha value is 2.86. The minimum absolute atomic E-state index is 0.416. The fraction of sp³-hybridized carbons (Fsp3) is 0.750. The van der Waals surface area contributed by atoms with Crippen LogP contribution in [0.2, 0.25) is 0 Å². The second-order valence-corrected chi connectivity index (χ2v) is 16.4. The van der Waals surface area contributed by atoms with Gasteiger partial charge in [-0.15, -0.1) is 0 Å². The monoisotopic (exact) mass is 584 g/mol. The summed E-state index contributed by atoms with van der Waals surface area (Å²) in [5.74, 6) is 0. The van der Waals surface area contributed by atoms with E-state index in [4.69, 9.17) is 0 Å². The molecule has 0 atom stereocenters. The predicted octanol–water partition coefficient (Wildman–Crippen LogP) is 4.94. The molecule has 0 spiro atoms. The van der Waals surface area contributed by atoms with Gasteiger partial charge in [0, 0.05) is 0 Å². The molecule has 0 saturated heterocycles. The van der Waals surface area contributed by atoms with Crippen LogP contribution in [0.15, 0.2) is 4.99 Å². The van der Waals surface area contributed by atoms with Crippen molar-refractivity contribution in [2.45, 2.75) is 4.41 Å². The van der Waals surface area contributed by atoms with E-state index >= 15 is 0 Å². The first-order valence-electron chi connectivity index (χ1n) is 2.85. The summed E-state index contributed by atoms with van der Waals surface area (Å²) in [6.07, 6.45) is 0. The number of hydrogen-bond acceptors (Lipinski definition) is 3. The van der Waals surface area contributed by atoms with Gasteiger partial charge < -0.3 is 0 Å². The molecule has 1 rings (SSSR count). The summed E-state index contributed by atoms with van der Waals surface area (Å²) in [6, 6.07) is 0. The molecule has 0 unspecified atom stereocenters. The van der Waals surface area contributed by atoms with Crippen LogP contribution in [0.5, 0.6) is 0 Å². The van der Waals surface area contributed by atoms with Crippen LogP contribution in [-0.4, -0.2) is 20.4 Å². The minimum Gasteiger partial charge on any atom is -0.262 e. The highest BCUT2D eigenvalue weighted by molar-refractivity contribution is 9.40. The number of aliphatic imine (C=N–C) groups is 1. The molecule has 0 bridgehead atoms. The number of alkyl halides is 6. The van der Waals surface area contributed by atoms with E-state index in [-0.39, 0.29) is 0 Å². The quantitative estimate of drug-likeness (QED) is 0.226. The average Bonchev–Trinajstić information content (AvgIpc) is 2.28. The lowest BCUT2D eigenvalue weighted by Gasteiger charge is -2.23. The molecule has 13 heavy (non-hydrogen) atoms. The lowest BCUT2D eigenvalue weighted by molar-refractivity contribution is 0.550. The number of nitrogens with zero attached hydrogens (tertiary/aromatic N) is 2. The molecule has 1 aliphatic rings. The Morgan fingerprint density at radius 2 is 1.69 bits per heavy atom. The topological polar surface area (TPSA) is 15.6 Å². The van der Waals surface area contributed by atoms with Crippen LogP contribution in [0.1, 0.15) is 0 Å². The van der Waals surface area contributed by atoms with Gasteiger partial charge in [-0.05, 0) is 59.7 Å². The van der Waals surface area contributed by atoms with Crippen LogP contribution >= 0.6 is 108 Å². The van der Waals surface area contributed by atoms with Gasteiger partial charge in [0.1, 0.15) is 11.7 Å². The summed E-state index contributed by atoms with van der Waals surface area (Å²) in [4.78, 5) is 4.33. The summed E-state index contributed by atoms with van der Waals surface area (Å²) in [5.41, 5.74) is 0. The Bertz CT molecular complexity index is 230. The standard InChI is InChI=1S/C4H2Br6N2S/c5-3(6,7)2-11-1-12(13-2)4(8,9)10/h1H2. The van der Waals surface area contributed by atoms with E-state index in [0.29, 0.717) is 6.67 Å². The van der Waals surface area contributed by atoms with Gasteiger partial charge in [-0.1, -0.05) is 47.8 Å². The largest absolute Gasteiger partial charge is 0.262 e. The van der Waals surface area contributed by atoms with E-state index in [1.807, 2.05) is 4.31 Å². The van der Waals surface area contributed by atoms with E-state index in [1.165, 1.54) is 11.9 Å². The van der Waals surface area contributed by atoms with Crippen LogP contribution in [-0.2, 0) is 0 Å². The van der Waals surface area contributed by atoms with Crippen molar-refractivity contribution in [3.05, 3.63) is 0 Å². The second-order valence-electron chi connectivity index (χ2n) is 2.04. The first kappa shape index (κ1) is 13.9. The Labute approximate surface area is 131 Å². The molecule has 0 aromatic carbocycles. The molecule has 0 radical (unpaired) electrons. The third-order valence-corrected chi connectivity index (χ3v) is 6.19. The number of rotatable bonds is 0. The van der Waals surface area contributed by atoms with Crippen LogP contribution in [0, 0.1) is 0 Å². The van der Waals surface area contributed by atoms with E-state index in [9.17, 15) is 0 Å².